The Kier molecular flexibility index (Phi) is 3.30. The molecule has 1 aromatic rings. The Morgan fingerprint density at radius 1 is 1.45 bits per heavy atom. The number of nitrogens with zero attached hydrogens (tertiary/aromatic N) is 1. The first kappa shape index (κ1) is 13.3. The van der Waals surface area contributed by atoms with Crippen LogP contribution in [0.5, 0.6) is 11.5 Å². The lowest BCUT2D eigenvalue weighted by Gasteiger charge is -2.41. The van der Waals surface area contributed by atoms with Crippen molar-refractivity contribution in [3.63, 3.8) is 0 Å². The highest BCUT2D eigenvalue weighted by molar-refractivity contribution is 5.49. The minimum absolute atomic E-state index is 0.240. The van der Waals surface area contributed by atoms with Crippen LogP contribution in [-0.2, 0) is 6.42 Å². The van der Waals surface area contributed by atoms with Crippen molar-refractivity contribution < 1.29 is 9.84 Å². The molecule has 0 radical (unpaired) electrons. The summed E-state index contributed by atoms with van der Waals surface area (Å²) in [5.74, 6) is 0.816. The van der Waals surface area contributed by atoms with Gasteiger partial charge in [0.2, 0.25) is 0 Å². The molecule has 0 spiro atoms. The predicted octanol–water partition coefficient (Wildman–Crippen LogP) is 3.21. The summed E-state index contributed by atoms with van der Waals surface area (Å²) >= 11 is 0. The van der Waals surface area contributed by atoms with Gasteiger partial charge in [-0.2, -0.15) is 0 Å². The maximum absolute atomic E-state index is 10.0. The molecule has 0 fully saturated rings. The Labute approximate surface area is 120 Å². The van der Waals surface area contributed by atoms with Gasteiger partial charge in [0, 0.05) is 19.1 Å². The number of hydrogen-bond acceptors (Lipinski definition) is 3. The molecular formula is C17H21NO2. The van der Waals surface area contributed by atoms with Crippen molar-refractivity contribution in [2.24, 2.45) is 0 Å². The summed E-state index contributed by atoms with van der Waals surface area (Å²) in [5, 5.41) is 10.0. The second-order valence-corrected chi connectivity index (χ2v) is 5.67. The van der Waals surface area contributed by atoms with Gasteiger partial charge in [0.25, 0.3) is 0 Å². The van der Waals surface area contributed by atoms with Crippen molar-refractivity contribution >= 4 is 0 Å². The summed E-state index contributed by atoms with van der Waals surface area (Å²) in [7, 11) is 1.60. The fraction of sp³-hybridized carbons (Fsp3) is 0.412. The van der Waals surface area contributed by atoms with E-state index < -0.39 is 0 Å². The Morgan fingerprint density at radius 3 is 2.95 bits per heavy atom. The Balaban J connectivity index is 2.02. The number of phenolic OH excluding ortho intramolecular Hbond substituents is 1. The van der Waals surface area contributed by atoms with E-state index in [2.05, 4.69) is 18.4 Å². The van der Waals surface area contributed by atoms with Crippen LogP contribution in [0.4, 0.5) is 0 Å². The first-order valence-electron chi connectivity index (χ1n) is 7.09. The summed E-state index contributed by atoms with van der Waals surface area (Å²) in [6.07, 6.45) is 4.00. The zero-order valence-electron chi connectivity index (χ0n) is 12.1. The highest BCUT2D eigenvalue weighted by Crippen LogP contribution is 2.42. The largest absolute Gasteiger partial charge is 0.504 e. The molecule has 0 saturated heterocycles. The van der Waals surface area contributed by atoms with E-state index >= 15 is 0 Å². The van der Waals surface area contributed by atoms with Crippen LogP contribution in [0.25, 0.3) is 0 Å². The molecule has 20 heavy (non-hydrogen) atoms. The average Bonchev–Trinajstić information content (AvgIpc) is 2.46. The monoisotopic (exact) mass is 271 g/mol. The standard InChI is InChI=1S/C17H21NO2/c1-4-12-10-18-6-5-13-8-17(20-3)16(19)9-14(13)15(18)7-11(12)2/h4,8-9,15,19H,1,5-7,10H2,2-3H3. The first-order valence-corrected chi connectivity index (χ1v) is 7.09. The molecule has 1 atom stereocenters. The molecule has 1 aromatic carbocycles. The number of aromatic hydroxyl groups is 1. The molecule has 0 aliphatic carbocycles. The summed E-state index contributed by atoms with van der Waals surface area (Å²) in [5.41, 5.74) is 5.31. The fourth-order valence-electron chi connectivity index (χ4n) is 3.38. The summed E-state index contributed by atoms with van der Waals surface area (Å²) in [6.45, 7) is 8.12. The van der Waals surface area contributed by atoms with Crippen molar-refractivity contribution in [3.05, 3.63) is 47.1 Å². The minimum Gasteiger partial charge on any atom is -0.504 e. The van der Waals surface area contributed by atoms with E-state index in [0.717, 1.165) is 25.9 Å². The fourth-order valence-corrected chi connectivity index (χ4v) is 3.38. The molecule has 1 unspecified atom stereocenters. The van der Waals surface area contributed by atoms with E-state index in [9.17, 15) is 5.11 Å². The van der Waals surface area contributed by atoms with Crippen LogP contribution in [0, 0.1) is 0 Å². The lowest BCUT2D eigenvalue weighted by atomic mass is 9.84. The first-order chi connectivity index (χ1) is 9.63. The quantitative estimate of drug-likeness (QED) is 0.896. The third kappa shape index (κ3) is 2.02. The van der Waals surface area contributed by atoms with Crippen LogP contribution in [0.3, 0.4) is 0 Å². The van der Waals surface area contributed by atoms with Crippen molar-refractivity contribution in [3.8, 4) is 11.5 Å². The van der Waals surface area contributed by atoms with Crippen LogP contribution in [0.2, 0.25) is 0 Å². The highest BCUT2D eigenvalue weighted by atomic mass is 16.5. The lowest BCUT2D eigenvalue weighted by Crippen LogP contribution is -2.39. The molecule has 0 aromatic heterocycles. The number of fused-ring (bicyclic) bond motifs is 3. The van der Waals surface area contributed by atoms with E-state index in [1.54, 1.807) is 7.11 Å². The van der Waals surface area contributed by atoms with Gasteiger partial charge in [0.1, 0.15) is 0 Å². The number of ether oxygens (including phenoxy) is 1. The maximum Gasteiger partial charge on any atom is 0.160 e. The second-order valence-electron chi connectivity index (χ2n) is 5.67. The molecule has 2 aliphatic heterocycles. The molecule has 3 nitrogen and oxygen atoms in total. The Bertz CT molecular complexity index is 589. The van der Waals surface area contributed by atoms with Crippen LogP contribution in [0.1, 0.15) is 30.5 Å². The maximum atomic E-state index is 10.0. The van der Waals surface area contributed by atoms with Crippen molar-refractivity contribution in [1.29, 1.82) is 0 Å². The Morgan fingerprint density at radius 2 is 2.25 bits per heavy atom. The summed E-state index contributed by atoms with van der Waals surface area (Å²) < 4.78 is 5.22. The van der Waals surface area contributed by atoms with Gasteiger partial charge < -0.3 is 9.84 Å². The van der Waals surface area contributed by atoms with E-state index in [0.29, 0.717) is 11.8 Å². The normalized spacial score (nSPS) is 22.2. The smallest absolute Gasteiger partial charge is 0.160 e. The summed E-state index contributed by atoms with van der Waals surface area (Å²) in [6, 6.07) is 4.25. The average molecular weight is 271 g/mol. The number of rotatable bonds is 2. The molecule has 0 amide bonds. The number of hydrogen-bond donors (Lipinski definition) is 1. The van der Waals surface area contributed by atoms with Crippen LogP contribution < -0.4 is 4.74 Å². The summed E-state index contributed by atoms with van der Waals surface area (Å²) in [4.78, 5) is 2.48. The molecule has 2 aliphatic rings. The van der Waals surface area contributed by atoms with Crippen molar-refractivity contribution in [2.45, 2.75) is 25.8 Å². The van der Waals surface area contributed by atoms with Gasteiger partial charge in [0.05, 0.1) is 7.11 Å². The van der Waals surface area contributed by atoms with Crippen molar-refractivity contribution in [2.75, 3.05) is 20.2 Å². The third-order valence-corrected chi connectivity index (χ3v) is 4.58. The second kappa shape index (κ2) is 4.98. The van der Waals surface area contributed by atoms with Crippen molar-refractivity contribution in [1.82, 2.24) is 4.90 Å². The van der Waals surface area contributed by atoms with E-state index in [1.165, 1.54) is 22.3 Å². The predicted molar refractivity (Wildman–Crippen MR) is 80.2 cm³/mol. The van der Waals surface area contributed by atoms with Gasteiger partial charge in [-0.1, -0.05) is 18.2 Å². The Hall–Kier alpha value is -1.74. The zero-order chi connectivity index (χ0) is 14.3. The van der Waals surface area contributed by atoms with Gasteiger partial charge >= 0.3 is 0 Å². The van der Waals surface area contributed by atoms with Gasteiger partial charge in [-0.25, -0.2) is 0 Å². The molecule has 0 saturated carbocycles. The molecule has 3 heteroatoms. The molecule has 2 heterocycles. The number of phenols is 1. The van der Waals surface area contributed by atoms with Gasteiger partial charge in [0.15, 0.2) is 11.5 Å². The number of methoxy groups -OCH3 is 1. The molecule has 1 N–H and O–H groups in total. The van der Waals surface area contributed by atoms with Gasteiger partial charge in [-0.15, -0.1) is 0 Å². The molecule has 0 bridgehead atoms. The zero-order valence-corrected chi connectivity index (χ0v) is 12.1. The van der Waals surface area contributed by atoms with Crippen LogP contribution >= 0.6 is 0 Å². The van der Waals surface area contributed by atoms with E-state index in [1.807, 2.05) is 18.2 Å². The van der Waals surface area contributed by atoms with Gasteiger partial charge in [-0.3, -0.25) is 4.90 Å². The van der Waals surface area contributed by atoms with E-state index in [-0.39, 0.29) is 5.75 Å². The minimum atomic E-state index is 0.240. The molecular weight excluding hydrogens is 250 g/mol. The molecule has 3 rings (SSSR count). The number of benzene rings is 1. The highest BCUT2D eigenvalue weighted by Gasteiger charge is 2.32. The lowest BCUT2D eigenvalue weighted by molar-refractivity contribution is 0.188. The van der Waals surface area contributed by atoms with Gasteiger partial charge in [-0.05, 0) is 48.6 Å². The van der Waals surface area contributed by atoms with E-state index in [4.69, 9.17) is 4.74 Å². The topological polar surface area (TPSA) is 32.7 Å². The van der Waals surface area contributed by atoms with Crippen LogP contribution in [0.15, 0.2) is 35.9 Å². The SMILES string of the molecule is C=CC1=C(C)CC2c3cc(O)c(OC)cc3CCN2C1. The molecule has 106 valence electrons. The van der Waals surface area contributed by atoms with Crippen LogP contribution in [-0.4, -0.2) is 30.2 Å². The third-order valence-electron chi connectivity index (χ3n) is 4.58.